The van der Waals surface area contributed by atoms with Crippen LogP contribution in [0.1, 0.15) is 137 Å². The Morgan fingerprint density at radius 1 is 0.507 bits per heavy atom. The summed E-state index contributed by atoms with van der Waals surface area (Å²) in [6.45, 7) is 6.31. The summed E-state index contributed by atoms with van der Waals surface area (Å²) in [6, 6.07) is 45.7. The molecule has 0 amide bonds. The highest BCUT2D eigenvalue weighted by Gasteiger charge is 2.49. The normalized spacial score (nSPS) is 14.9. The summed E-state index contributed by atoms with van der Waals surface area (Å²) < 4.78 is 18.1. The molecule has 6 aromatic rings. The van der Waals surface area contributed by atoms with Gasteiger partial charge in [-0.15, -0.1) is 0 Å². The third-order valence-electron chi connectivity index (χ3n) is 13.8. The smallest absolute Gasteiger partial charge is 0.336 e. The van der Waals surface area contributed by atoms with Crippen LogP contribution in [0.4, 0.5) is 0 Å². The van der Waals surface area contributed by atoms with Crippen molar-refractivity contribution in [1.29, 1.82) is 0 Å². The molecule has 0 bridgehead atoms. The van der Waals surface area contributed by atoms with E-state index in [0.717, 1.165) is 108 Å². The van der Waals surface area contributed by atoms with E-state index in [1.807, 2.05) is 66.8 Å². The molecular formula is C63H70O6. The van der Waals surface area contributed by atoms with Crippen molar-refractivity contribution in [3.63, 3.8) is 0 Å². The van der Waals surface area contributed by atoms with E-state index >= 15 is 0 Å². The summed E-state index contributed by atoms with van der Waals surface area (Å²) in [6.07, 6.45) is 26.0. The molecule has 69 heavy (non-hydrogen) atoms. The largest absolute Gasteiger partial charge is 0.494 e. The molecule has 1 unspecified atom stereocenters. The number of esters is 1. The fourth-order valence-corrected chi connectivity index (χ4v) is 10.1. The average Bonchev–Trinajstić information content (AvgIpc) is 3.97. The number of hydrogen-bond donors (Lipinski definition) is 0. The lowest BCUT2D eigenvalue weighted by Gasteiger charge is -2.29. The molecule has 0 heterocycles. The van der Waals surface area contributed by atoms with Gasteiger partial charge in [0.15, 0.2) is 5.75 Å². The molecule has 0 aromatic heterocycles. The number of ether oxygens (including phenoxy) is 3. The van der Waals surface area contributed by atoms with Crippen LogP contribution in [0.5, 0.6) is 23.0 Å². The first-order valence-electron chi connectivity index (χ1n) is 25.8. The van der Waals surface area contributed by atoms with E-state index in [2.05, 4.69) is 98.8 Å². The van der Waals surface area contributed by atoms with Crippen LogP contribution in [0.15, 0.2) is 146 Å². The van der Waals surface area contributed by atoms with Gasteiger partial charge in [-0.3, -0.25) is 0 Å². The maximum Gasteiger partial charge on any atom is 0.336 e. The van der Waals surface area contributed by atoms with Crippen molar-refractivity contribution < 1.29 is 28.8 Å². The van der Waals surface area contributed by atoms with Crippen LogP contribution in [0, 0.1) is 0 Å². The number of carbonyl (C=O) groups excluding carboxylic acids is 1. The first kappa shape index (κ1) is 49.1. The highest BCUT2D eigenvalue weighted by atomic mass is 17.2. The van der Waals surface area contributed by atoms with Gasteiger partial charge in [0, 0.05) is 22.6 Å². The predicted octanol–water partition coefficient (Wildman–Crippen LogP) is 16.3. The number of fused-ring (bicyclic) bond motifs is 4. The fourth-order valence-electron chi connectivity index (χ4n) is 10.1. The van der Waals surface area contributed by atoms with Gasteiger partial charge in [0.2, 0.25) is 0 Å². The van der Waals surface area contributed by atoms with Gasteiger partial charge >= 0.3 is 5.97 Å². The van der Waals surface area contributed by atoms with Crippen LogP contribution in [-0.2, 0) is 27.9 Å². The van der Waals surface area contributed by atoms with Crippen molar-refractivity contribution in [2.24, 2.45) is 0 Å². The topological polar surface area (TPSA) is 63.2 Å². The number of carbonyl (C=O) groups is 1. The molecule has 1 spiro atoms. The molecular weight excluding hydrogens is 853 g/mol. The van der Waals surface area contributed by atoms with Gasteiger partial charge in [0.1, 0.15) is 23.9 Å². The Labute approximate surface area is 411 Å². The van der Waals surface area contributed by atoms with Crippen LogP contribution in [-0.4, -0.2) is 25.8 Å². The van der Waals surface area contributed by atoms with E-state index in [1.165, 1.54) is 81.4 Å². The second-order valence-electron chi connectivity index (χ2n) is 18.7. The predicted molar refractivity (Wildman–Crippen MR) is 282 cm³/mol. The third kappa shape index (κ3) is 13.2. The molecule has 358 valence electrons. The Kier molecular flexibility index (Phi) is 18.0. The molecule has 8 rings (SSSR count). The number of benzene rings is 6. The van der Waals surface area contributed by atoms with Gasteiger partial charge in [-0.2, -0.15) is 4.89 Å². The summed E-state index contributed by atoms with van der Waals surface area (Å²) in [5.74, 6) is 2.74. The summed E-state index contributed by atoms with van der Waals surface area (Å²) >= 11 is 0. The van der Waals surface area contributed by atoms with E-state index in [4.69, 9.17) is 24.0 Å². The van der Waals surface area contributed by atoms with Crippen molar-refractivity contribution in [2.75, 3.05) is 19.8 Å². The molecule has 6 nitrogen and oxygen atoms in total. The summed E-state index contributed by atoms with van der Waals surface area (Å²) in [7, 11) is 0. The van der Waals surface area contributed by atoms with Gasteiger partial charge in [-0.05, 0) is 126 Å². The first-order valence-corrected chi connectivity index (χ1v) is 25.8. The maximum atomic E-state index is 13.5. The van der Waals surface area contributed by atoms with Crippen LogP contribution in [0.3, 0.4) is 0 Å². The van der Waals surface area contributed by atoms with Gasteiger partial charge in [-0.25, -0.2) is 4.79 Å². The van der Waals surface area contributed by atoms with Crippen molar-refractivity contribution in [3.05, 3.63) is 179 Å². The number of hydrogen-bond acceptors (Lipinski definition) is 6. The quantitative estimate of drug-likeness (QED) is 0.0135. The van der Waals surface area contributed by atoms with Crippen LogP contribution in [0.25, 0.3) is 34.4 Å². The number of aryl methyl sites for hydroxylation is 2. The lowest BCUT2D eigenvalue weighted by molar-refractivity contribution is -0.196. The summed E-state index contributed by atoms with van der Waals surface area (Å²) in [5, 5.41) is 0. The molecule has 0 radical (unpaired) electrons. The fraction of sp³-hybridized carbons (Fsp3) is 0.349. The third-order valence-corrected chi connectivity index (χ3v) is 13.8. The SMILES string of the molecule is CCCCCCCCOc1ccc(-c2ccc(/C=C/COOc3cccc4c3C3(CC4)CCc4cccc(OC(=O)/C=C/c5ccc(-c6ccc(OCCCCCCCC)cc6)cc5)c43)cc2)cc1. The zero-order valence-corrected chi connectivity index (χ0v) is 40.9. The summed E-state index contributed by atoms with van der Waals surface area (Å²) in [5.41, 5.74) is 10.9. The lowest BCUT2D eigenvalue weighted by atomic mass is 9.76. The Morgan fingerprint density at radius 2 is 0.957 bits per heavy atom. The van der Waals surface area contributed by atoms with E-state index < -0.39 is 5.97 Å². The van der Waals surface area contributed by atoms with Crippen molar-refractivity contribution in [2.45, 2.75) is 122 Å². The summed E-state index contributed by atoms with van der Waals surface area (Å²) in [4.78, 5) is 25.4. The van der Waals surface area contributed by atoms with E-state index in [-0.39, 0.29) is 12.0 Å². The van der Waals surface area contributed by atoms with Crippen LogP contribution >= 0.6 is 0 Å². The highest BCUT2D eigenvalue weighted by Crippen LogP contribution is 2.57. The zero-order valence-electron chi connectivity index (χ0n) is 40.9. The monoisotopic (exact) mass is 923 g/mol. The molecule has 0 fully saturated rings. The van der Waals surface area contributed by atoms with Crippen LogP contribution in [0.2, 0.25) is 0 Å². The second-order valence-corrected chi connectivity index (χ2v) is 18.7. The van der Waals surface area contributed by atoms with E-state index in [9.17, 15) is 4.79 Å². The molecule has 6 aromatic carbocycles. The number of unbranched alkanes of at least 4 members (excludes halogenated alkanes) is 10. The average molecular weight is 923 g/mol. The molecule has 0 aliphatic heterocycles. The van der Waals surface area contributed by atoms with Gasteiger partial charge < -0.3 is 19.1 Å². The minimum Gasteiger partial charge on any atom is -0.494 e. The maximum absolute atomic E-state index is 13.5. The Bertz CT molecular complexity index is 2590. The van der Waals surface area contributed by atoms with E-state index in [0.29, 0.717) is 11.5 Å². The van der Waals surface area contributed by atoms with Crippen molar-refractivity contribution in [1.82, 2.24) is 0 Å². The molecule has 6 heteroatoms. The molecule has 2 aliphatic carbocycles. The molecule has 0 saturated heterocycles. The van der Waals surface area contributed by atoms with Gasteiger partial charge in [0.25, 0.3) is 0 Å². The highest BCUT2D eigenvalue weighted by molar-refractivity contribution is 5.89. The first-order chi connectivity index (χ1) is 34.0. The van der Waals surface area contributed by atoms with Crippen molar-refractivity contribution in [3.8, 4) is 45.3 Å². The van der Waals surface area contributed by atoms with Gasteiger partial charge in [0.05, 0.1) is 13.2 Å². The lowest BCUT2D eigenvalue weighted by Crippen LogP contribution is -2.24. The van der Waals surface area contributed by atoms with E-state index in [1.54, 1.807) is 0 Å². The van der Waals surface area contributed by atoms with Crippen molar-refractivity contribution >= 4 is 18.1 Å². The Morgan fingerprint density at radius 3 is 1.48 bits per heavy atom. The Balaban J connectivity index is 0.827. The second kappa shape index (κ2) is 25.3. The van der Waals surface area contributed by atoms with Gasteiger partial charge in [-0.1, -0.05) is 187 Å². The van der Waals surface area contributed by atoms with Crippen LogP contribution < -0.4 is 19.1 Å². The molecule has 2 aliphatic rings. The molecule has 0 saturated carbocycles. The standard InChI is InChI=1S/C63H70O6/c1-3-5-7-9-11-13-45-65-56-36-32-52(33-37-56)50-28-23-48(24-29-50)18-17-47-67-69-59-22-16-20-55-42-44-63(62(55)59)43-41-54-19-15-21-58(61(54)63)68-60(64)40-27-49-25-30-51(31-26-49)53-34-38-57(39-35-53)66-46-14-12-10-8-6-4-2/h15-40H,3-14,41-47H2,1-2H3/b18-17+,40-27+. The molecule has 0 N–H and O–H groups in total. The minimum absolute atomic E-state index is 0.287. The number of rotatable bonds is 26. The Hall–Kier alpha value is -6.37. The minimum atomic E-state index is -0.406. The molecule has 1 atom stereocenters. The zero-order chi connectivity index (χ0) is 47.5.